The molecule has 0 aliphatic heterocycles. The predicted molar refractivity (Wildman–Crippen MR) is 91.7 cm³/mol. The van der Waals surface area contributed by atoms with Crippen molar-refractivity contribution in [1.82, 2.24) is 4.98 Å². The first kappa shape index (κ1) is 17.2. The third-order valence-electron chi connectivity index (χ3n) is 3.53. The Labute approximate surface area is 146 Å². The van der Waals surface area contributed by atoms with Crippen LogP contribution in [0.4, 0.5) is 18.9 Å². The van der Waals surface area contributed by atoms with Crippen molar-refractivity contribution in [2.45, 2.75) is 13.1 Å². The molecule has 0 atom stereocenters. The maximum atomic E-state index is 12.5. The molecule has 0 aliphatic rings. The van der Waals surface area contributed by atoms with Crippen LogP contribution in [0.5, 0.6) is 0 Å². The summed E-state index contributed by atoms with van der Waals surface area (Å²) in [5, 5.41) is 5.58. The smallest absolute Gasteiger partial charge is 0.322 e. The molecular formula is C18H13F3N2OS. The number of halogens is 3. The maximum Gasteiger partial charge on any atom is 0.416 e. The van der Waals surface area contributed by atoms with Crippen LogP contribution in [-0.4, -0.2) is 10.9 Å². The van der Waals surface area contributed by atoms with Crippen LogP contribution in [0.3, 0.4) is 0 Å². The van der Waals surface area contributed by atoms with Crippen LogP contribution in [0.1, 0.15) is 20.9 Å². The number of carbonyl (C=O) groups is 1. The number of nitrogens with zero attached hydrogens (tertiary/aromatic N) is 1. The summed E-state index contributed by atoms with van der Waals surface area (Å²) in [6.45, 7) is 1.92. The normalized spacial score (nSPS) is 11.4. The van der Waals surface area contributed by atoms with E-state index in [4.69, 9.17) is 0 Å². The van der Waals surface area contributed by atoms with E-state index in [0.717, 1.165) is 40.5 Å². The molecular weight excluding hydrogens is 349 g/mol. The molecule has 3 aromatic rings. The Kier molecular flexibility index (Phi) is 4.59. The Morgan fingerprint density at radius 2 is 1.68 bits per heavy atom. The molecule has 0 bridgehead atoms. The standard InChI is InChI=1S/C18H13F3N2OS/c1-11-22-16(10-25-11)12-4-8-15(9-5-12)23-17(24)13-2-6-14(7-3-13)18(19,20)21/h2-10H,1H3,(H,23,24). The number of hydrogen-bond donors (Lipinski definition) is 1. The average Bonchev–Trinajstić information content (AvgIpc) is 3.01. The number of thiazole rings is 1. The number of benzene rings is 2. The van der Waals surface area contributed by atoms with Gasteiger partial charge in [0, 0.05) is 22.2 Å². The summed E-state index contributed by atoms with van der Waals surface area (Å²) in [4.78, 5) is 16.5. The topological polar surface area (TPSA) is 42.0 Å². The van der Waals surface area contributed by atoms with Crippen molar-refractivity contribution in [2.75, 3.05) is 5.32 Å². The Morgan fingerprint density at radius 1 is 1.04 bits per heavy atom. The molecule has 128 valence electrons. The van der Waals surface area contributed by atoms with Gasteiger partial charge in [0.25, 0.3) is 5.91 Å². The molecule has 0 fully saturated rings. The quantitative estimate of drug-likeness (QED) is 0.679. The molecule has 25 heavy (non-hydrogen) atoms. The Bertz CT molecular complexity index is 884. The van der Waals surface area contributed by atoms with E-state index in [2.05, 4.69) is 10.3 Å². The minimum atomic E-state index is -4.42. The predicted octanol–water partition coefficient (Wildman–Crippen LogP) is 5.39. The summed E-state index contributed by atoms with van der Waals surface area (Å²) < 4.78 is 37.6. The zero-order chi connectivity index (χ0) is 18.0. The van der Waals surface area contributed by atoms with E-state index >= 15 is 0 Å². The van der Waals surface area contributed by atoms with E-state index in [9.17, 15) is 18.0 Å². The van der Waals surface area contributed by atoms with Crippen molar-refractivity contribution >= 4 is 22.9 Å². The first-order chi connectivity index (χ1) is 11.8. The molecule has 2 aromatic carbocycles. The van der Waals surface area contributed by atoms with Gasteiger partial charge in [-0.2, -0.15) is 13.2 Å². The SMILES string of the molecule is Cc1nc(-c2ccc(NC(=O)c3ccc(C(F)(F)F)cc3)cc2)cs1. The van der Waals surface area contributed by atoms with Gasteiger partial charge in [0.1, 0.15) is 0 Å². The highest BCUT2D eigenvalue weighted by Gasteiger charge is 2.30. The third-order valence-corrected chi connectivity index (χ3v) is 4.31. The third kappa shape index (κ3) is 4.06. The van der Waals surface area contributed by atoms with Gasteiger partial charge in [0.2, 0.25) is 0 Å². The largest absolute Gasteiger partial charge is 0.416 e. The van der Waals surface area contributed by atoms with Gasteiger partial charge >= 0.3 is 6.18 Å². The van der Waals surface area contributed by atoms with Gasteiger partial charge in [-0.05, 0) is 43.3 Å². The van der Waals surface area contributed by atoms with E-state index < -0.39 is 17.6 Å². The molecule has 0 saturated heterocycles. The van der Waals surface area contributed by atoms with Gasteiger partial charge in [-0.1, -0.05) is 12.1 Å². The molecule has 0 aliphatic carbocycles. The second-order valence-corrected chi connectivity index (χ2v) is 6.42. The molecule has 1 amide bonds. The number of hydrogen-bond acceptors (Lipinski definition) is 3. The molecule has 0 unspecified atom stereocenters. The number of aromatic nitrogens is 1. The van der Waals surface area contributed by atoms with Crippen LogP contribution in [0.15, 0.2) is 53.9 Å². The van der Waals surface area contributed by atoms with Gasteiger partial charge in [0.05, 0.1) is 16.3 Å². The fourth-order valence-electron chi connectivity index (χ4n) is 2.23. The molecule has 3 rings (SSSR count). The monoisotopic (exact) mass is 362 g/mol. The number of rotatable bonds is 3. The summed E-state index contributed by atoms with van der Waals surface area (Å²) in [5.41, 5.74) is 1.72. The lowest BCUT2D eigenvalue weighted by Gasteiger charge is -2.08. The van der Waals surface area contributed by atoms with E-state index in [1.54, 1.807) is 23.5 Å². The van der Waals surface area contributed by atoms with Crippen molar-refractivity contribution in [1.29, 1.82) is 0 Å². The second-order valence-electron chi connectivity index (χ2n) is 5.36. The van der Waals surface area contributed by atoms with Gasteiger partial charge in [-0.3, -0.25) is 4.79 Å². The molecule has 1 N–H and O–H groups in total. The number of nitrogens with one attached hydrogen (secondary N) is 1. The first-order valence-corrected chi connectivity index (χ1v) is 8.22. The van der Waals surface area contributed by atoms with Gasteiger partial charge < -0.3 is 5.32 Å². The molecule has 0 radical (unpaired) electrons. The minimum Gasteiger partial charge on any atom is -0.322 e. The number of carbonyl (C=O) groups excluding carboxylic acids is 1. The van der Waals surface area contributed by atoms with Crippen LogP contribution in [0, 0.1) is 6.92 Å². The molecule has 1 aromatic heterocycles. The number of amides is 1. The lowest BCUT2D eigenvalue weighted by Crippen LogP contribution is -2.12. The Balaban J connectivity index is 1.70. The second kappa shape index (κ2) is 6.68. The highest BCUT2D eigenvalue weighted by molar-refractivity contribution is 7.09. The van der Waals surface area contributed by atoms with E-state index in [0.29, 0.717) is 5.69 Å². The average molecular weight is 362 g/mol. The van der Waals surface area contributed by atoms with Gasteiger partial charge in [-0.15, -0.1) is 11.3 Å². The first-order valence-electron chi connectivity index (χ1n) is 7.34. The zero-order valence-corrected chi connectivity index (χ0v) is 13.9. The number of anilines is 1. The van der Waals surface area contributed by atoms with Crippen LogP contribution in [0.2, 0.25) is 0 Å². The fraction of sp³-hybridized carbons (Fsp3) is 0.111. The zero-order valence-electron chi connectivity index (χ0n) is 13.1. The van der Waals surface area contributed by atoms with Crippen molar-refractivity contribution in [2.24, 2.45) is 0 Å². The maximum absolute atomic E-state index is 12.5. The summed E-state index contributed by atoms with van der Waals surface area (Å²) in [6.07, 6.45) is -4.42. The van der Waals surface area contributed by atoms with Gasteiger partial charge in [0.15, 0.2) is 0 Å². The lowest BCUT2D eigenvalue weighted by atomic mass is 10.1. The van der Waals surface area contributed by atoms with Gasteiger partial charge in [-0.25, -0.2) is 4.98 Å². The van der Waals surface area contributed by atoms with Crippen molar-refractivity contribution in [3.05, 3.63) is 70.0 Å². The van der Waals surface area contributed by atoms with Crippen LogP contribution in [0.25, 0.3) is 11.3 Å². The van der Waals surface area contributed by atoms with Crippen LogP contribution in [-0.2, 0) is 6.18 Å². The summed E-state index contributed by atoms with van der Waals surface area (Å²) in [6, 6.07) is 11.2. The highest BCUT2D eigenvalue weighted by Crippen LogP contribution is 2.29. The van der Waals surface area contributed by atoms with Crippen molar-refractivity contribution < 1.29 is 18.0 Å². The minimum absolute atomic E-state index is 0.159. The Hall–Kier alpha value is -2.67. The molecule has 1 heterocycles. The summed E-state index contributed by atoms with van der Waals surface area (Å²) in [7, 11) is 0. The van der Waals surface area contributed by atoms with Crippen LogP contribution < -0.4 is 5.32 Å². The molecule has 0 spiro atoms. The Morgan fingerprint density at radius 3 is 2.20 bits per heavy atom. The summed E-state index contributed by atoms with van der Waals surface area (Å²) >= 11 is 1.55. The van der Waals surface area contributed by atoms with Crippen molar-refractivity contribution in [3.63, 3.8) is 0 Å². The molecule has 0 saturated carbocycles. The summed E-state index contributed by atoms with van der Waals surface area (Å²) in [5.74, 6) is -0.467. The fourth-order valence-corrected chi connectivity index (χ4v) is 2.86. The number of aryl methyl sites for hydroxylation is 1. The molecule has 7 heteroatoms. The van der Waals surface area contributed by atoms with E-state index in [1.807, 2.05) is 24.4 Å². The molecule has 3 nitrogen and oxygen atoms in total. The number of alkyl halides is 3. The lowest BCUT2D eigenvalue weighted by molar-refractivity contribution is -0.137. The van der Waals surface area contributed by atoms with Crippen molar-refractivity contribution in [3.8, 4) is 11.3 Å². The van der Waals surface area contributed by atoms with E-state index in [-0.39, 0.29) is 5.56 Å². The highest BCUT2D eigenvalue weighted by atomic mass is 32.1. The van der Waals surface area contributed by atoms with Crippen LogP contribution >= 0.6 is 11.3 Å². The van der Waals surface area contributed by atoms with E-state index in [1.165, 1.54) is 0 Å².